The number of hydrogen-bond donors (Lipinski definition) is 1. The average molecular weight is 509 g/mol. The van der Waals surface area contributed by atoms with Gasteiger partial charge in [0.1, 0.15) is 32.1 Å². The van der Waals surface area contributed by atoms with Crippen LogP contribution in [0.5, 0.6) is 17.2 Å². The van der Waals surface area contributed by atoms with Crippen molar-refractivity contribution in [3.63, 3.8) is 0 Å². The van der Waals surface area contributed by atoms with Crippen LogP contribution in [0.15, 0.2) is 48.0 Å². The lowest BCUT2D eigenvalue weighted by Gasteiger charge is -2.29. The van der Waals surface area contributed by atoms with Crippen molar-refractivity contribution in [1.82, 2.24) is 4.90 Å². The fourth-order valence-electron chi connectivity index (χ4n) is 5.14. The van der Waals surface area contributed by atoms with E-state index in [4.69, 9.17) is 18.9 Å². The fourth-order valence-corrected chi connectivity index (χ4v) is 5.14. The molecule has 9 nitrogen and oxygen atoms in total. The van der Waals surface area contributed by atoms with Gasteiger partial charge in [-0.3, -0.25) is 9.59 Å². The zero-order chi connectivity index (χ0) is 25.8. The molecule has 2 aromatic carbocycles. The molecule has 3 aliphatic rings. The maximum absolute atomic E-state index is 13.8. The second-order valence-electron chi connectivity index (χ2n) is 9.30. The summed E-state index contributed by atoms with van der Waals surface area (Å²) in [5, 5.41) is 13.8. The molecule has 1 amide bonds. The SMILES string of the molecule is CCOc1cccc(C2C(=C([O-])c3ccc4c(c3)OCCO4)C(=O)C(=O)N2CCC[NH+]2CCOCC2)c1. The van der Waals surface area contributed by atoms with Crippen LogP contribution in [0.1, 0.15) is 30.5 Å². The normalized spacial score (nSPS) is 21.3. The van der Waals surface area contributed by atoms with Crippen molar-refractivity contribution in [3.8, 4) is 17.2 Å². The Morgan fingerprint density at radius 3 is 2.62 bits per heavy atom. The van der Waals surface area contributed by atoms with Gasteiger partial charge in [0.2, 0.25) is 5.78 Å². The minimum atomic E-state index is -0.791. The summed E-state index contributed by atoms with van der Waals surface area (Å²) in [4.78, 5) is 29.5. The minimum Gasteiger partial charge on any atom is -0.872 e. The lowest BCUT2D eigenvalue weighted by Crippen LogP contribution is -3.14. The largest absolute Gasteiger partial charge is 0.872 e. The Hall–Kier alpha value is -3.56. The number of carbonyl (C=O) groups is 2. The van der Waals surface area contributed by atoms with Crippen LogP contribution in [0, 0.1) is 0 Å². The molecule has 3 aliphatic heterocycles. The van der Waals surface area contributed by atoms with E-state index in [-0.39, 0.29) is 11.1 Å². The molecule has 0 aliphatic carbocycles. The molecule has 2 fully saturated rings. The van der Waals surface area contributed by atoms with Gasteiger partial charge in [0, 0.05) is 18.5 Å². The van der Waals surface area contributed by atoms with Crippen molar-refractivity contribution in [1.29, 1.82) is 0 Å². The van der Waals surface area contributed by atoms with Gasteiger partial charge in [-0.25, -0.2) is 0 Å². The number of ketones is 1. The molecule has 1 N–H and O–H groups in total. The zero-order valence-electron chi connectivity index (χ0n) is 21.0. The third-order valence-corrected chi connectivity index (χ3v) is 6.95. The van der Waals surface area contributed by atoms with E-state index >= 15 is 0 Å². The molecule has 196 valence electrons. The Balaban J connectivity index is 1.50. The first-order valence-corrected chi connectivity index (χ1v) is 12.9. The summed E-state index contributed by atoms with van der Waals surface area (Å²) >= 11 is 0. The molecule has 0 bridgehead atoms. The van der Waals surface area contributed by atoms with Crippen LogP contribution in [-0.2, 0) is 14.3 Å². The van der Waals surface area contributed by atoms with Crippen LogP contribution in [0.3, 0.4) is 0 Å². The van der Waals surface area contributed by atoms with E-state index in [2.05, 4.69) is 0 Å². The number of amides is 1. The number of hydrogen-bond acceptors (Lipinski definition) is 7. The summed E-state index contributed by atoms with van der Waals surface area (Å²) < 4.78 is 22.3. The quantitative estimate of drug-likeness (QED) is 0.313. The molecule has 0 radical (unpaired) electrons. The Bertz CT molecular complexity index is 1190. The highest BCUT2D eigenvalue weighted by Gasteiger charge is 2.44. The number of benzene rings is 2. The van der Waals surface area contributed by atoms with Crippen LogP contribution in [-0.4, -0.2) is 75.8 Å². The van der Waals surface area contributed by atoms with Gasteiger partial charge in [0.25, 0.3) is 5.91 Å². The van der Waals surface area contributed by atoms with Gasteiger partial charge in [0.15, 0.2) is 11.5 Å². The number of nitrogens with zero attached hydrogens (tertiary/aromatic N) is 1. The van der Waals surface area contributed by atoms with E-state index in [9.17, 15) is 14.7 Å². The molecule has 9 heteroatoms. The summed E-state index contributed by atoms with van der Waals surface area (Å²) in [6.07, 6.45) is 0.710. The number of ether oxygens (including phenoxy) is 4. The van der Waals surface area contributed by atoms with Gasteiger partial charge in [0.05, 0.1) is 32.4 Å². The first kappa shape index (κ1) is 25.1. The Morgan fingerprint density at radius 1 is 1.05 bits per heavy atom. The first-order valence-electron chi connectivity index (χ1n) is 12.9. The highest BCUT2D eigenvalue weighted by Crippen LogP contribution is 2.41. The number of Topliss-reactive ketones (excluding diaryl/α,β-unsaturated/α-hetero) is 1. The molecule has 5 rings (SSSR count). The molecule has 1 atom stereocenters. The second-order valence-corrected chi connectivity index (χ2v) is 9.30. The van der Waals surface area contributed by atoms with Crippen LogP contribution < -0.4 is 24.2 Å². The summed E-state index contributed by atoms with van der Waals surface area (Å²) in [5.74, 6) is -0.265. The number of morpholine rings is 1. The molecule has 0 saturated carbocycles. The van der Waals surface area contributed by atoms with Crippen molar-refractivity contribution in [2.45, 2.75) is 19.4 Å². The molecule has 37 heavy (non-hydrogen) atoms. The van der Waals surface area contributed by atoms with Gasteiger partial charge in [-0.15, -0.1) is 0 Å². The molecular formula is C28H32N2O7. The number of nitrogens with one attached hydrogen (secondary N) is 1. The first-order chi connectivity index (χ1) is 18.1. The van der Waals surface area contributed by atoms with Crippen molar-refractivity contribution in [2.24, 2.45) is 0 Å². The lowest BCUT2D eigenvalue weighted by atomic mass is 9.95. The van der Waals surface area contributed by atoms with Crippen LogP contribution >= 0.6 is 0 Å². The summed E-state index contributed by atoms with van der Waals surface area (Å²) in [6.45, 7) is 7.71. The Labute approximate surface area is 216 Å². The summed E-state index contributed by atoms with van der Waals surface area (Å²) in [6, 6.07) is 11.3. The van der Waals surface area contributed by atoms with Gasteiger partial charge < -0.3 is 33.9 Å². The van der Waals surface area contributed by atoms with E-state index < -0.39 is 23.5 Å². The van der Waals surface area contributed by atoms with E-state index in [1.54, 1.807) is 29.2 Å². The molecule has 2 aromatic rings. The number of fused-ring (bicyclic) bond motifs is 1. The second kappa shape index (κ2) is 11.2. The Morgan fingerprint density at radius 2 is 1.84 bits per heavy atom. The zero-order valence-corrected chi connectivity index (χ0v) is 21.0. The maximum Gasteiger partial charge on any atom is 0.295 e. The third kappa shape index (κ3) is 5.28. The average Bonchev–Trinajstić information content (AvgIpc) is 3.18. The Kier molecular flexibility index (Phi) is 7.62. The van der Waals surface area contributed by atoms with Crippen molar-refractivity contribution in [3.05, 3.63) is 59.2 Å². The highest BCUT2D eigenvalue weighted by atomic mass is 16.6. The number of likely N-dealkylation sites (tertiary alicyclic amines) is 1. The predicted molar refractivity (Wildman–Crippen MR) is 132 cm³/mol. The number of rotatable bonds is 8. The lowest BCUT2D eigenvalue weighted by molar-refractivity contribution is -0.908. The monoisotopic (exact) mass is 508 g/mol. The summed E-state index contributed by atoms with van der Waals surface area (Å²) in [7, 11) is 0. The van der Waals surface area contributed by atoms with Crippen LogP contribution in [0.4, 0.5) is 0 Å². The predicted octanol–water partition coefficient (Wildman–Crippen LogP) is 0.386. The van der Waals surface area contributed by atoms with E-state index in [1.165, 1.54) is 4.90 Å². The molecule has 0 spiro atoms. The van der Waals surface area contributed by atoms with E-state index in [0.717, 1.165) is 32.8 Å². The van der Waals surface area contributed by atoms with Gasteiger partial charge in [-0.05, 0) is 42.3 Å². The smallest absolute Gasteiger partial charge is 0.295 e. The van der Waals surface area contributed by atoms with E-state index in [0.29, 0.717) is 55.6 Å². The highest BCUT2D eigenvalue weighted by molar-refractivity contribution is 6.46. The van der Waals surface area contributed by atoms with Gasteiger partial charge >= 0.3 is 0 Å². The van der Waals surface area contributed by atoms with Crippen molar-refractivity contribution in [2.75, 3.05) is 59.2 Å². The van der Waals surface area contributed by atoms with Crippen molar-refractivity contribution < 1.29 is 38.5 Å². The number of quaternary nitrogens is 1. The standard InChI is InChI=1S/C28H32N2O7/c1-2-35-21-6-3-5-19(17-21)25-24(26(31)20-7-8-22-23(18-20)37-16-15-36-22)27(32)28(33)30(25)10-4-9-29-11-13-34-14-12-29/h3,5-8,17-18,25,31H,2,4,9-16H2,1H3. The fraction of sp³-hybridized carbons (Fsp3) is 0.429. The van der Waals surface area contributed by atoms with Gasteiger partial charge in [-0.1, -0.05) is 24.0 Å². The molecule has 3 heterocycles. The third-order valence-electron chi connectivity index (χ3n) is 6.95. The number of carbonyl (C=O) groups excluding carboxylic acids is 2. The summed E-state index contributed by atoms with van der Waals surface area (Å²) in [5.41, 5.74) is 0.907. The topological polar surface area (TPSA) is 102 Å². The van der Waals surface area contributed by atoms with Crippen LogP contribution in [0.25, 0.3) is 5.76 Å². The van der Waals surface area contributed by atoms with E-state index in [1.807, 2.05) is 25.1 Å². The van der Waals surface area contributed by atoms with Crippen LogP contribution in [0.2, 0.25) is 0 Å². The molecule has 1 unspecified atom stereocenters. The van der Waals surface area contributed by atoms with Gasteiger partial charge in [-0.2, -0.15) is 0 Å². The van der Waals surface area contributed by atoms with Crippen molar-refractivity contribution >= 4 is 17.4 Å². The molecule has 0 aromatic heterocycles. The minimum absolute atomic E-state index is 0.0472. The molecule has 2 saturated heterocycles. The molecular weight excluding hydrogens is 476 g/mol. The maximum atomic E-state index is 13.8.